The molecule has 15 heavy (non-hydrogen) atoms. The number of nitrogens with zero attached hydrogens (tertiary/aromatic N) is 2. The van der Waals surface area contributed by atoms with Gasteiger partial charge in [-0.15, -0.1) is 0 Å². The summed E-state index contributed by atoms with van der Waals surface area (Å²) in [6.45, 7) is 2.04. The van der Waals surface area contributed by atoms with E-state index in [9.17, 15) is 0 Å². The Labute approximate surface area is 94.0 Å². The minimum absolute atomic E-state index is 0.242. The van der Waals surface area contributed by atoms with Crippen molar-refractivity contribution in [1.82, 2.24) is 9.36 Å². The van der Waals surface area contributed by atoms with Gasteiger partial charge in [0.05, 0.1) is 0 Å². The summed E-state index contributed by atoms with van der Waals surface area (Å²) in [6, 6.07) is 0.294. The highest BCUT2D eigenvalue weighted by Crippen LogP contribution is 2.24. The average molecular weight is 227 g/mol. The third-order valence-electron chi connectivity index (χ3n) is 2.70. The summed E-state index contributed by atoms with van der Waals surface area (Å²) in [5.74, 6) is 0.870. The molecule has 84 valence electrons. The number of aryl methyl sites for hydroxylation is 1. The van der Waals surface area contributed by atoms with Crippen molar-refractivity contribution in [2.24, 2.45) is 5.73 Å². The second-order valence-corrected chi connectivity index (χ2v) is 4.71. The molecular weight excluding hydrogens is 210 g/mol. The molecule has 0 radical (unpaired) electrons. The van der Waals surface area contributed by atoms with Gasteiger partial charge in [0.15, 0.2) is 0 Å². The number of nitrogens with two attached hydrogens (primary N) is 1. The second kappa shape index (κ2) is 4.90. The highest BCUT2D eigenvalue weighted by atomic mass is 32.1. The van der Waals surface area contributed by atoms with Gasteiger partial charge in [0.1, 0.15) is 11.9 Å². The van der Waals surface area contributed by atoms with Gasteiger partial charge < -0.3 is 10.5 Å². The lowest BCUT2D eigenvalue weighted by Gasteiger charge is -2.25. The van der Waals surface area contributed by atoms with E-state index in [4.69, 9.17) is 10.5 Å². The molecule has 0 spiro atoms. The van der Waals surface area contributed by atoms with Crippen LogP contribution in [0.2, 0.25) is 0 Å². The highest BCUT2D eigenvalue weighted by molar-refractivity contribution is 7.07. The molecule has 1 fully saturated rings. The summed E-state index contributed by atoms with van der Waals surface area (Å²) in [6.07, 6.45) is 5.42. The van der Waals surface area contributed by atoms with Gasteiger partial charge in [-0.1, -0.05) is 6.92 Å². The minimum atomic E-state index is 0.242. The Balaban J connectivity index is 1.90. The highest BCUT2D eigenvalue weighted by Gasteiger charge is 2.21. The summed E-state index contributed by atoms with van der Waals surface area (Å²) < 4.78 is 9.97. The molecule has 1 heterocycles. The Hall–Kier alpha value is -0.680. The smallest absolute Gasteiger partial charge is 0.293 e. The minimum Gasteiger partial charge on any atom is -0.466 e. The number of ether oxygens (including phenoxy) is 1. The lowest BCUT2D eigenvalue weighted by Crippen LogP contribution is -2.33. The van der Waals surface area contributed by atoms with E-state index in [1.165, 1.54) is 11.5 Å². The lowest BCUT2D eigenvalue weighted by molar-refractivity contribution is 0.144. The summed E-state index contributed by atoms with van der Waals surface area (Å²) in [5.41, 5.74) is 5.90. The van der Waals surface area contributed by atoms with Crippen LogP contribution in [0.15, 0.2) is 0 Å². The van der Waals surface area contributed by atoms with E-state index in [1.54, 1.807) is 0 Å². The first kappa shape index (κ1) is 10.8. The van der Waals surface area contributed by atoms with Crippen LogP contribution in [0.5, 0.6) is 5.19 Å². The lowest BCUT2D eigenvalue weighted by atomic mass is 9.94. The van der Waals surface area contributed by atoms with Crippen LogP contribution >= 0.6 is 11.5 Å². The zero-order chi connectivity index (χ0) is 10.7. The number of aromatic nitrogens is 2. The summed E-state index contributed by atoms with van der Waals surface area (Å²) >= 11 is 1.34. The molecule has 5 heteroatoms. The third kappa shape index (κ3) is 2.89. The molecule has 1 aromatic rings. The maximum atomic E-state index is 5.90. The van der Waals surface area contributed by atoms with Crippen LogP contribution in [0.25, 0.3) is 0 Å². The predicted octanol–water partition coefficient (Wildman–Crippen LogP) is 1.75. The quantitative estimate of drug-likeness (QED) is 0.854. The van der Waals surface area contributed by atoms with Gasteiger partial charge in [-0.25, -0.2) is 0 Å². The molecule has 0 aliphatic heterocycles. The fourth-order valence-corrected chi connectivity index (χ4v) is 2.54. The van der Waals surface area contributed by atoms with Gasteiger partial charge >= 0.3 is 0 Å². The monoisotopic (exact) mass is 227 g/mol. The van der Waals surface area contributed by atoms with Gasteiger partial charge in [-0.05, 0) is 25.7 Å². The number of hydrogen-bond acceptors (Lipinski definition) is 5. The molecule has 2 rings (SSSR count). The SMILES string of the molecule is CCc1nsc(OC2CCCC(N)C2)n1. The molecule has 2 N–H and O–H groups in total. The third-order valence-corrected chi connectivity index (χ3v) is 3.35. The van der Waals surface area contributed by atoms with Crippen molar-refractivity contribution in [1.29, 1.82) is 0 Å². The van der Waals surface area contributed by atoms with Crippen LogP contribution in [-0.4, -0.2) is 21.5 Å². The van der Waals surface area contributed by atoms with E-state index in [0.717, 1.165) is 37.9 Å². The Kier molecular flexibility index (Phi) is 3.53. The molecule has 4 nitrogen and oxygen atoms in total. The van der Waals surface area contributed by atoms with Crippen LogP contribution in [0.1, 0.15) is 38.4 Å². The molecule has 0 amide bonds. The van der Waals surface area contributed by atoms with Crippen LogP contribution in [0, 0.1) is 0 Å². The molecule has 2 atom stereocenters. The fraction of sp³-hybridized carbons (Fsp3) is 0.800. The molecule has 0 aromatic carbocycles. The van der Waals surface area contributed by atoms with E-state index < -0.39 is 0 Å². The molecule has 1 saturated carbocycles. The number of rotatable bonds is 3. The first-order valence-electron chi connectivity index (χ1n) is 5.52. The van der Waals surface area contributed by atoms with Crippen molar-refractivity contribution in [3.8, 4) is 5.19 Å². The zero-order valence-electron chi connectivity index (χ0n) is 8.98. The Morgan fingerprint density at radius 1 is 1.53 bits per heavy atom. The molecule has 2 unspecified atom stereocenters. The molecule has 0 saturated heterocycles. The first-order chi connectivity index (χ1) is 7.28. The zero-order valence-corrected chi connectivity index (χ0v) is 9.80. The van der Waals surface area contributed by atoms with E-state index in [0.29, 0.717) is 11.2 Å². The first-order valence-corrected chi connectivity index (χ1v) is 6.30. The fourth-order valence-electron chi connectivity index (χ4n) is 1.86. The molecule has 1 aliphatic carbocycles. The van der Waals surface area contributed by atoms with Crippen molar-refractivity contribution in [2.75, 3.05) is 0 Å². The van der Waals surface area contributed by atoms with E-state index in [1.807, 2.05) is 6.92 Å². The maximum Gasteiger partial charge on any atom is 0.293 e. The summed E-state index contributed by atoms with van der Waals surface area (Å²) in [7, 11) is 0. The Bertz CT molecular complexity index is 315. The van der Waals surface area contributed by atoms with Gasteiger partial charge in [-0.3, -0.25) is 0 Å². The second-order valence-electron chi connectivity index (χ2n) is 4.00. The largest absolute Gasteiger partial charge is 0.466 e. The van der Waals surface area contributed by atoms with Crippen LogP contribution in [0.4, 0.5) is 0 Å². The van der Waals surface area contributed by atoms with Crippen LogP contribution < -0.4 is 10.5 Å². The van der Waals surface area contributed by atoms with E-state index >= 15 is 0 Å². The molecular formula is C10H17N3OS. The van der Waals surface area contributed by atoms with Crippen molar-refractivity contribution >= 4 is 11.5 Å². The molecule has 1 aliphatic rings. The van der Waals surface area contributed by atoms with E-state index in [-0.39, 0.29) is 6.10 Å². The molecule has 1 aromatic heterocycles. The van der Waals surface area contributed by atoms with Gasteiger partial charge in [0.2, 0.25) is 0 Å². The Morgan fingerprint density at radius 3 is 3.07 bits per heavy atom. The van der Waals surface area contributed by atoms with E-state index in [2.05, 4.69) is 9.36 Å². The predicted molar refractivity (Wildman–Crippen MR) is 60.1 cm³/mol. The van der Waals surface area contributed by atoms with Crippen molar-refractivity contribution in [3.05, 3.63) is 5.82 Å². The summed E-state index contributed by atoms with van der Waals surface area (Å²) in [4.78, 5) is 4.29. The summed E-state index contributed by atoms with van der Waals surface area (Å²) in [5, 5.41) is 0.700. The molecule has 0 bridgehead atoms. The topological polar surface area (TPSA) is 61.0 Å². The van der Waals surface area contributed by atoms with Crippen molar-refractivity contribution in [2.45, 2.75) is 51.2 Å². The average Bonchev–Trinajstić information content (AvgIpc) is 2.65. The maximum absolute atomic E-state index is 5.90. The standard InChI is InChI=1S/C10H17N3OS/c1-2-9-12-10(15-13-9)14-8-5-3-4-7(11)6-8/h7-8H,2-6,11H2,1H3. The van der Waals surface area contributed by atoms with Gasteiger partial charge in [0, 0.05) is 24.0 Å². The van der Waals surface area contributed by atoms with Crippen LogP contribution in [0.3, 0.4) is 0 Å². The van der Waals surface area contributed by atoms with Crippen molar-refractivity contribution < 1.29 is 4.74 Å². The van der Waals surface area contributed by atoms with Crippen LogP contribution in [-0.2, 0) is 6.42 Å². The van der Waals surface area contributed by atoms with Gasteiger partial charge in [0.25, 0.3) is 5.19 Å². The Morgan fingerprint density at radius 2 is 2.40 bits per heavy atom. The number of hydrogen-bond donors (Lipinski definition) is 1. The normalized spacial score (nSPS) is 26.5. The van der Waals surface area contributed by atoms with Gasteiger partial charge in [-0.2, -0.15) is 9.36 Å². The van der Waals surface area contributed by atoms with Crippen molar-refractivity contribution in [3.63, 3.8) is 0 Å².